The average molecular weight is 611 g/mol. The number of nitrogens with two attached hydrogens (primary N) is 2. The highest BCUT2D eigenvalue weighted by molar-refractivity contribution is 5.95. The Hall–Kier alpha value is -5.16. The second-order valence-electron chi connectivity index (χ2n) is 11.4. The van der Waals surface area contributed by atoms with E-state index in [1.165, 1.54) is 17.0 Å². The van der Waals surface area contributed by atoms with Gasteiger partial charge in [-0.1, -0.05) is 60.7 Å². The summed E-state index contributed by atoms with van der Waals surface area (Å²) in [6.07, 6.45) is 3.39. The number of H-pyrrole nitrogens is 1. The molecule has 1 saturated heterocycles. The lowest BCUT2D eigenvalue weighted by molar-refractivity contribution is -0.140. The van der Waals surface area contributed by atoms with Gasteiger partial charge >= 0.3 is 0 Å². The van der Waals surface area contributed by atoms with Crippen molar-refractivity contribution in [2.75, 3.05) is 6.54 Å². The Morgan fingerprint density at radius 2 is 1.56 bits per heavy atom. The molecule has 1 aliphatic rings. The van der Waals surface area contributed by atoms with Gasteiger partial charge in [-0.25, -0.2) is 0 Å². The van der Waals surface area contributed by atoms with Gasteiger partial charge in [0.05, 0.1) is 6.04 Å². The summed E-state index contributed by atoms with van der Waals surface area (Å²) < 4.78 is 0. The van der Waals surface area contributed by atoms with Gasteiger partial charge in [0.15, 0.2) is 0 Å². The van der Waals surface area contributed by atoms with Crippen molar-refractivity contribution in [2.45, 2.75) is 56.3 Å². The maximum Gasteiger partial charge on any atom is 0.243 e. The van der Waals surface area contributed by atoms with Gasteiger partial charge in [-0.15, -0.1) is 0 Å². The van der Waals surface area contributed by atoms with Gasteiger partial charge in [0.2, 0.25) is 23.6 Å². The van der Waals surface area contributed by atoms with E-state index < -0.39 is 41.9 Å². The van der Waals surface area contributed by atoms with Crippen LogP contribution in [0.5, 0.6) is 5.75 Å². The number of rotatable bonds is 12. The van der Waals surface area contributed by atoms with Gasteiger partial charge in [-0.2, -0.15) is 0 Å². The van der Waals surface area contributed by atoms with Gasteiger partial charge in [-0.3, -0.25) is 19.2 Å². The number of likely N-dealkylation sites (tertiary alicyclic amines) is 1. The Morgan fingerprint density at radius 3 is 2.29 bits per heavy atom. The molecule has 1 fully saturated rings. The van der Waals surface area contributed by atoms with Crippen LogP contribution in [0.4, 0.5) is 0 Å². The number of phenolic OH excluding ortho intramolecular Hbond substituents is 1. The fraction of sp³-hybridized carbons (Fsp3) is 0.294. The van der Waals surface area contributed by atoms with E-state index in [9.17, 15) is 24.3 Å². The van der Waals surface area contributed by atoms with Gasteiger partial charge in [0, 0.05) is 36.5 Å². The maximum atomic E-state index is 13.7. The highest BCUT2D eigenvalue weighted by Crippen LogP contribution is 2.22. The smallest absolute Gasteiger partial charge is 0.243 e. The minimum absolute atomic E-state index is 0.114. The van der Waals surface area contributed by atoms with Crippen molar-refractivity contribution < 1.29 is 24.3 Å². The van der Waals surface area contributed by atoms with E-state index in [2.05, 4.69) is 15.6 Å². The van der Waals surface area contributed by atoms with Crippen molar-refractivity contribution in [1.29, 1.82) is 0 Å². The molecule has 2 heterocycles. The molecule has 5 rings (SSSR count). The van der Waals surface area contributed by atoms with Gasteiger partial charge in [-0.05, 0) is 54.2 Å². The Morgan fingerprint density at radius 1 is 0.867 bits per heavy atom. The van der Waals surface area contributed by atoms with Crippen LogP contribution in [-0.2, 0) is 38.4 Å². The van der Waals surface area contributed by atoms with Crippen LogP contribution in [0.1, 0.15) is 29.5 Å². The number of amides is 4. The summed E-state index contributed by atoms with van der Waals surface area (Å²) in [6, 6.07) is 19.5. The summed E-state index contributed by atoms with van der Waals surface area (Å²) in [5.74, 6) is -1.98. The lowest BCUT2D eigenvalue weighted by Gasteiger charge is -2.29. The fourth-order valence-electron chi connectivity index (χ4n) is 5.83. The first-order chi connectivity index (χ1) is 21.7. The molecule has 0 aliphatic carbocycles. The number of hydrogen-bond donors (Lipinski definition) is 6. The Kier molecular flexibility index (Phi) is 9.79. The van der Waals surface area contributed by atoms with E-state index in [4.69, 9.17) is 11.5 Å². The first-order valence-electron chi connectivity index (χ1n) is 15.0. The number of nitrogens with zero attached hydrogens (tertiary/aromatic N) is 1. The number of phenols is 1. The zero-order valence-electron chi connectivity index (χ0n) is 24.8. The van der Waals surface area contributed by atoms with Crippen LogP contribution in [0, 0.1) is 0 Å². The average Bonchev–Trinajstić information content (AvgIpc) is 3.69. The predicted octanol–water partition coefficient (Wildman–Crippen LogP) is 1.67. The number of aromatic amines is 1. The van der Waals surface area contributed by atoms with Gasteiger partial charge in [0.25, 0.3) is 0 Å². The van der Waals surface area contributed by atoms with Crippen molar-refractivity contribution in [1.82, 2.24) is 20.5 Å². The molecule has 0 saturated carbocycles. The summed E-state index contributed by atoms with van der Waals surface area (Å²) >= 11 is 0. The molecule has 0 radical (unpaired) electrons. The van der Waals surface area contributed by atoms with E-state index in [0.29, 0.717) is 19.4 Å². The van der Waals surface area contributed by atoms with Crippen LogP contribution < -0.4 is 22.1 Å². The number of carbonyl (C=O) groups excluding carboxylic acids is 4. The third-order valence-electron chi connectivity index (χ3n) is 8.22. The molecule has 11 heteroatoms. The van der Waals surface area contributed by atoms with Crippen molar-refractivity contribution >= 4 is 34.5 Å². The zero-order chi connectivity index (χ0) is 31.9. The molecule has 45 heavy (non-hydrogen) atoms. The van der Waals surface area contributed by atoms with Gasteiger partial charge in [0.1, 0.15) is 23.9 Å². The second-order valence-corrected chi connectivity index (χ2v) is 11.4. The van der Waals surface area contributed by atoms with Crippen LogP contribution in [0.25, 0.3) is 10.9 Å². The highest BCUT2D eigenvalue weighted by Gasteiger charge is 2.38. The van der Waals surface area contributed by atoms with Crippen LogP contribution >= 0.6 is 0 Å². The van der Waals surface area contributed by atoms with Crippen molar-refractivity contribution in [3.63, 3.8) is 0 Å². The predicted molar refractivity (Wildman–Crippen MR) is 170 cm³/mol. The van der Waals surface area contributed by atoms with E-state index in [-0.39, 0.29) is 30.9 Å². The molecule has 8 N–H and O–H groups in total. The Balaban J connectivity index is 1.33. The number of benzene rings is 3. The topological polar surface area (TPSA) is 184 Å². The molecule has 1 aromatic heterocycles. The number of fused-ring (bicyclic) bond motifs is 1. The summed E-state index contributed by atoms with van der Waals surface area (Å²) in [6.45, 7) is 0.361. The van der Waals surface area contributed by atoms with Crippen LogP contribution in [0.2, 0.25) is 0 Å². The molecule has 1 aliphatic heterocycles. The fourth-order valence-corrected chi connectivity index (χ4v) is 5.83. The standard InChI is InChI=1S/C34H38N6O5/c35-26(17-22-12-14-24(41)15-13-22)34(45)40-16-6-11-30(40)33(44)39-29(19-23-20-37-27-10-5-4-9-25(23)27)32(43)38-28(31(36)42)18-21-7-2-1-3-8-21/h1-5,7-10,12-15,20,26,28-30,37,41H,6,11,16-19,35H2,(H2,36,42)(H,38,43)(H,39,44)/t26-,28+,29+,30+/m0/s1. The quantitative estimate of drug-likeness (QED) is 0.142. The van der Waals surface area contributed by atoms with Crippen molar-refractivity contribution in [3.05, 3.63) is 102 Å². The van der Waals surface area contributed by atoms with E-state index in [1.54, 1.807) is 18.3 Å². The molecule has 4 aromatic rings. The Bertz CT molecular complexity index is 1650. The SMILES string of the molecule is NC(=O)[C@@H](Cc1ccccc1)NC(=O)[C@@H](Cc1c[nH]c2ccccc12)NC(=O)[C@H]1CCCN1C(=O)[C@@H](N)Cc1ccc(O)cc1. The van der Waals surface area contributed by atoms with Crippen LogP contribution in [-0.4, -0.2) is 69.3 Å². The lowest BCUT2D eigenvalue weighted by Crippen LogP contribution is -2.58. The molecule has 0 unspecified atom stereocenters. The number of nitrogens with one attached hydrogen (secondary N) is 3. The molecule has 4 amide bonds. The largest absolute Gasteiger partial charge is 0.508 e. The van der Waals surface area contributed by atoms with Crippen molar-refractivity contribution in [3.8, 4) is 5.75 Å². The first kappa shape index (κ1) is 31.3. The highest BCUT2D eigenvalue weighted by atomic mass is 16.3. The zero-order valence-corrected chi connectivity index (χ0v) is 24.8. The Labute approximate surface area is 261 Å². The normalized spacial score (nSPS) is 16.6. The first-order valence-corrected chi connectivity index (χ1v) is 15.0. The molecule has 11 nitrogen and oxygen atoms in total. The number of hydrogen-bond acceptors (Lipinski definition) is 6. The van der Waals surface area contributed by atoms with E-state index >= 15 is 0 Å². The number of aromatic hydroxyl groups is 1. The lowest BCUT2D eigenvalue weighted by atomic mass is 10.0. The second kappa shape index (κ2) is 14.1. The summed E-state index contributed by atoms with van der Waals surface area (Å²) in [5, 5.41) is 16.1. The number of para-hydroxylation sites is 1. The monoisotopic (exact) mass is 610 g/mol. The maximum absolute atomic E-state index is 13.7. The number of aromatic nitrogens is 1. The minimum Gasteiger partial charge on any atom is -0.508 e. The van der Waals surface area contributed by atoms with Crippen LogP contribution in [0.15, 0.2) is 85.1 Å². The third-order valence-corrected chi connectivity index (χ3v) is 8.22. The molecular formula is C34H38N6O5. The molecular weight excluding hydrogens is 572 g/mol. The van der Waals surface area contributed by atoms with Crippen LogP contribution in [0.3, 0.4) is 0 Å². The third kappa shape index (κ3) is 7.68. The summed E-state index contributed by atoms with van der Waals surface area (Å²) in [4.78, 5) is 57.9. The number of primary amides is 1. The summed E-state index contributed by atoms with van der Waals surface area (Å²) in [5.41, 5.74) is 15.2. The minimum atomic E-state index is -1.06. The summed E-state index contributed by atoms with van der Waals surface area (Å²) in [7, 11) is 0. The molecule has 0 spiro atoms. The van der Waals surface area contributed by atoms with E-state index in [0.717, 1.165) is 27.6 Å². The number of carbonyl (C=O) groups is 4. The molecule has 3 aromatic carbocycles. The molecule has 4 atom stereocenters. The molecule has 234 valence electrons. The molecule has 0 bridgehead atoms. The van der Waals surface area contributed by atoms with E-state index in [1.807, 2.05) is 54.6 Å². The van der Waals surface area contributed by atoms with Gasteiger partial charge < -0.3 is 37.1 Å². The van der Waals surface area contributed by atoms with Crippen molar-refractivity contribution in [2.24, 2.45) is 11.5 Å².